The second kappa shape index (κ2) is 8.73. The smallest absolute Gasteiger partial charge is 0.324 e. The van der Waals surface area contributed by atoms with Crippen LogP contribution in [0.1, 0.15) is 32.1 Å². The number of thioether (sulfide) groups is 1. The van der Waals surface area contributed by atoms with Crippen molar-refractivity contribution >= 4 is 27.9 Å². The summed E-state index contributed by atoms with van der Waals surface area (Å²) in [6, 6.07) is 9.52. The van der Waals surface area contributed by atoms with E-state index in [9.17, 15) is 13.2 Å². The van der Waals surface area contributed by atoms with E-state index in [1.807, 2.05) is 30.0 Å². The van der Waals surface area contributed by atoms with Crippen LogP contribution in [0.15, 0.2) is 35.2 Å². The molecule has 1 atom stereocenters. The maximum Gasteiger partial charge on any atom is 0.324 e. The summed E-state index contributed by atoms with van der Waals surface area (Å²) in [6.45, 7) is 1.38. The van der Waals surface area contributed by atoms with E-state index in [1.165, 1.54) is 20.6 Å². The highest BCUT2D eigenvalue weighted by molar-refractivity contribution is 8.00. The molecule has 1 aromatic rings. The number of methoxy groups -OCH3 is 1. The Hall–Kier alpha value is -1.09. The second-order valence-electron chi connectivity index (χ2n) is 6.68. The zero-order valence-corrected chi connectivity index (χ0v) is 16.7. The minimum absolute atomic E-state index is 0.390. The summed E-state index contributed by atoms with van der Waals surface area (Å²) in [4.78, 5) is 13.2. The average molecular weight is 399 g/mol. The number of rotatable bonds is 5. The van der Waals surface area contributed by atoms with Gasteiger partial charge in [-0.1, -0.05) is 18.2 Å². The fourth-order valence-electron chi connectivity index (χ4n) is 3.57. The molecule has 144 valence electrons. The van der Waals surface area contributed by atoms with E-state index in [-0.39, 0.29) is 0 Å². The van der Waals surface area contributed by atoms with Gasteiger partial charge in [-0.25, -0.2) is 0 Å². The summed E-state index contributed by atoms with van der Waals surface area (Å²) in [6.07, 6.45) is 3.80. The molecule has 1 unspecified atom stereocenters. The third-order valence-electron chi connectivity index (χ3n) is 5.00. The molecule has 0 N–H and O–H groups in total. The molecule has 3 rings (SSSR count). The number of hydrogen-bond donors (Lipinski definition) is 0. The lowest BCUT2D eigenvalue weighted by Gasteiger charge is -2.38. The molecule has 0 bridgehead atoms. The van der Waals surface area contributed by atoms with Gasteiger partial charge >= 0.3 is 5.97 Å². The normalized spacial score (nSPS) is 23.7. The van der Waals surface area contributed by atoms with Crippen molar-refractivity contribution in [2.75, 3.05) is 26.7 Å². The maximum atomic E-state index is 13.1. The third kappa shape index (κ3) is 4.42. The fraction of sp³-hybridized carbons (Fsp3) is 0.611. The van der Waals surface area contributed by atoms with Gasteiger partial charge in [0.2, 0.25) is 0 Å². The summed E-state index contributed by atoms with van der Waals surface area (Å²) in [5, 5.41) is 0.418. The van der Waals surface area contributed by atoms with Crippen molar-refractivity contribution in [3.05, 3.63) is 30.3 Å². The van der Waals surface area contributed by atoms with Crippen molar-refractivity contribution < 1.29 is 17.9 Å². The molecule has 26 heavy (non-hydrogen) atoms. The monoisotopic (exact) mass is 398 g/mol. The van der Waals surface area contributed by atoms with Crippen molar-refractivity contribution in [2.45, 2.75) is 48.3 Å². The lowest BCUT2D eigenvalue weighted by molar-refractivity contribution is -0.146. The van der Waals surface area contributed by atoms with Gasteiger partial charge in [-0.15, -0.1) is 11.8 Å². The number of esters is 1. The molecule has 2 aliphatic heterocycles. The molecule has 2 fully saturated rings. The van der Waals surface area contributed by atoms with Crippen LogP contribution in [0.25, 0.3) is 0 Å². The number of hydrogen-bond acceptors (Lipinski definition) is 5. The van der Waals surface area contributed by atoms with E-state index >= 15 is 0 Å². The van der Waals surface area contributed by atoms with Gasteiger partial charge in [0.25, 0.3) is 10.2 Å². The van der Waals surface area contributed by atoms with Gasteiger partial charge < -0.3 is 4.74 Å². The molecule has 0 aliphatic carbocycles. The number of carbonyl (C=O) groups is 1. The van der Waals surface area contributed by atoms with E-state index < -0.39 is 22.2 Å². The van der Waals surface area contributed by atoms with Crippen molar-refractivity contribution in [3.8, 4) is 0 Å². The molecule has 2 heterocycles. The molecule has 0 aromatic heterocycles. The summed E-state index contributed by atoms with van der Waals surface area (Å²) in [5.41, 5.74) is 0. The van der Waals surface area contributed by atoms with Gasteiger partial charge in [0.15, 0.2) is 0 Å². The van der Waals surface area contributed by atoms with Gasteiger partial charge in [0.1, 0.15) is 6.04 Å². The molecule has 0 saturated carbocycles. The Morgan fingerprint density at radius 3 is 2.42 bits per heavy atom. The molecule has 0 spiro atoms. The Balaban J connectivity index is 1.62. The maximum absolute atomic E-state index is 13.1. The zero-order valence-electron chi connectivity index (χ0n) is 15.0. The van der Waals surface area contributed by atoms with Crippen LogP contribution in [0.2, 0.25) is 0 Å². The quantitative estimate of drug-likeness (QED) is 0.713. The van der Waals surface area contributed by atoms with Crippen LogP contribution < -0.4 is 0 Å². The summed E-state index contributed by atoms with van der Waals surface area (Å²) in [5.74, 6) is -0.456. The zero-order chi connectivity index (χ0) is 18.6. The van der Waals surface area contributed by atoms with Crippen LogP contribution in [-0.4, -0.2) is 61.0 Å². The number of nitrogens with zero attached hydrogens (tertiary/aromatic N) is 2. The highest BCUT2D eigenvalue weighted by Gasteiger charge is 2.41. The summed E-state index contributed by atoms with van der Waals surface area (Å²) in [7, 11) is -2.32. The Kier molecular flexibility index (Phi) is 6.60. The molecule has 8 heteroatoms. The SMILES string of the molecule is COC(=O)C1CCCCN1S(=O)(=O)N1CCC(Sc2ccccc2)CC1. The molecule has 1 aromatic carbocycles. The molecular formula is C18H26N2O4S2. The highest BCUT2D eigenvalue weighted by atomic mass is 32.2. The Morgan fingerprint density at radius 1 is 1.08 bits per heavy atom. The molecule has 0 radical (unpaired) electrons. The lowest BCUT2D eigenvalue weighted by atomic mass is 10.1. The van der Waals surface area contributed by atoms with Crippen LogP contribution in [0.3, 0.4) is 0 Å². The van der Waals surface area contributed by atoms with Crippen molar-refractivity contribution in [2.24, 2.45) is 0 Å². The first-order valence-electron chi connectivity index (χ1n) is 9.09. The first-order chi connectivity index (χ1) is 12.5. The van der Waals surface area contributed by atoms with E-state index in [2.05, 4.69) is 12.1 Å². The van der Waals surface area contributed by atoms with Crippen LogP contribution in [0.4, 0.5) is 0 Å². The van der Waals surface area contributed by atoms with E-state index in [0.29, 0.717) is 31.3 Å². The molecule has 6 nitrogen and oxygen atoms in total. The first kappa shape index (κ1) is 19.7. The largest absolute Gasteiger partial charge is 0.468 e. The Labute approximate surface area is 160 Å². The van der Waals surface area contributed by atoms with Crippen LogP contribution >= 0.6 is 11.8 Å². The lowest BCUT2D eigenvalue weighted by Crippen LogP contribution is -2.55. The molecule has 0 amide bonds. The van der Waals surface area contributed by atoms with E-state index in [0.717, 1.165) is 25.7 Å². The van der Waals surface area contributed by atoms with Crippen LogP contribution in [0, 0.1) is 0 Å². The minimum atomic E-state index is -3.63. The van der Waals surface area contributed by atoms with Crippen LogP contribution in [0.5, 0.6) is 0 Å². The first-order valence-corrected chi connectivity index (χ1v) is 11.4. The van der Waals surface area contributed by atoms with Crippen molar-refractivity contribution in [1.82, 2.24) is 8.61 Å². The second-order valence-corrected chi connectivity index (χ2v) is 9.94. The average Bonchev–Trinajstić information content (AvgIpc) is 2.68. The highest BCUT2D eigenvalue weighted by Crippen LogP contribution is 2.32. The fourth-order valence-corrected chi connectivity index (χ4v) is 6.56. The third-order valence-corrected chi connectivity index (χ3v) is 8.39. The summed E-state index contributed by atoms with van der Waals surface area (Å²) < 4.78 is 33.9. The number of ether oxygens (including phenoxy) is 1. The van der Waals surface area contributed by atoms with E-state index in [4.69, 9.17) is 4.74 Å². The summed E-state index contributed by atoms with van der Waals surface area (Å²) >= 11 is 1.81. The number of benzene rings is 1. The van der Waals surface area contributed by atoms with Crippen LogP contribution in [-0.2, 0) is 19.7 Å². The molecule has 2 aliphatic rings. The predicted octanol–water partition coefficient (Wildman–Crippen LogP) is 2.52. The predicted molar refractivity (Wildman–Crippen MR) is 102 cm³/mol. The van der Waals surface area contributed by atoms with Crippen molar-refractivity contribution in [1.29, 1.82) is 0 Å². The number of carbonyl (C=O) groups excluding carboxylic acids is 1. The number of piperidine rings is 2. The molecular weight excluding hydrogens is 372 g/mol. The standard InChI is InChI=1S/C18H26N2O4S2/c1-24-18(21)17-9-5-6-12-20(17)26(22,23)19-13-10-16(11-14-19)25-15-7-3-2-4-8-15/h2-4,7-8,16-17H,5-6,9-14H2,1H3. The van der Waals surface area contributed by atoms with Crippen molar-refractivity contribution in [3.63, 3.8) is 0 Å². The Morgan fingerprint density at radius 2 is 1.77 bits per heavy atom. The van der Waals surface area contributed by atoms with Gasteiger partial charge in [-0.05, 0) is 44.2 Å². The van der Waals surface area contributed by atoms with Gasteiger partial charge in [-0.3, -0.25) is 4.79 Å². The minimum Gasteiger partial charge on any atom is -0.468 e. The van der Waals surface area contributed by atoms with Gasteiger partial charge in [0.05, 0.1) is 7.11 Å². The topological polar surface area (TPSA) is 66.9 Å². The molecule has 2 saturated heterocycles. The van der Waals surface area contributed by atoms with E-state index in [1.54, 1.807) is 0 Å². The van der Waals surface area contributed by atoms with Gasteiger partial charge in [0, 0.05) is 29.8 Å². The Bertz CT molecular complexity index is 703. The van der Waals surface area contributed by atoms with Gasteiger partial charge in [-0.2, -0.15) is 17.0 Å².